The van der Waals surface area contributed by atoms with Crippen LogP contribution in [-0.4, -0.2) is 11.7 Å². The van der Waals surface area contributed by atoms with Gasteiger partial charge in [0.05, 0.1) is 5.56 Å². The normalized spacial score (nSPS) is 12.9. The van der Waals surface area contributed by atoms with E-state index < -0.39 is 29.3 Å². The van der Waals surface area contributed by atoms with Gasteiger partial charge in [0.2, 0.25) is 0 Å². The third kappa shape index (κ3) is 2.38. The zero-order chi connectivity index (χ0) is 12.6. The van der Waals surface area contributed by atoms with Gasteiger partial charge in [-0.15, -0.1) is 0 Å². The second kappa shape index (κ2) is 4.09. The maximum Gasteiger partial charge on any atom is 0.298 e. The third-order valence-corrected chi connectivity index (χ3v) is 2.40. The van der Waals surface area contributed by atoms with Crippen LogP contribution >= 0.6 is 0 Å². The fraction of sp³-hybridized carbons (Fsp3) is 0.500. The van der Waals surface area contributed by atoms with Gasteiger partial charge in [-0.05, 0) is 17.0 Å². The van der Waals surface area contributed by atoms with Crippen molar-refractivity contribution in [2.75, 3.05) is 6.61 Å². The van der Waals surface area contributed by atoms with Crippen molar-refractivity contribution in [3.63, 3.8) is 0 Å². The lowest BCUT2D eigenvalue weighted by Crippen LogP contribution is -2.23. The van der Waals surface area contributed by atoms with E-state index in [-0.39, 0.29) is 5.56 Å². The molecule has 1 aromatic carbocycles. The van der Waals surface area contributed by atoms with Gasteiger partial charge in [0.1, 0.15) is 12.4 Å². The zero-order valence-electron chi connectivity index (χ0n) is 9.52. The number of hydrogen-bond acceptors (Lipinski definition) is 1. The third-order valence-electron chi connectivity index (χ3n) is 2.40. The molecule has 0 aliphatic carbocycles. The quantitative estimate of drug-likeness (QED) is 0.830. The molecule has 0 unspecified atom stereocenters. The molecule has 16 heavy (non-hydrogen) atoms. The van der Waals surface area contributed by atoms with Crippen LogP contribution in [0.4, 0.5) is 13.2 Å². The molecule has 1 nitrogen and oxygen atoms in total. The van der Waals surface area contributed by atoms with Gasteiger partial charge in [-0.25, -0.2) is 4.39 Å². The largest absolute Gasteiger partial charge is 0.390 e. The summed E-state index contributed by atoms with van der Waals surface area (Å²) in [6.45, 7) is 3.84. The van der Waals surface area contributed by atoms with Crippen molar-refractivity contribution in [2.24, 2.45) is 0 Å². The van der Waals surface area contributed by atoms with Crippen molar-refractivity contribution in [3.8, 4) is 0 Å². The summed E-state index contributed by atoms with van der Waals surface area (Å²) in [5.74, 6) is -4.47. The number of halogens is 3. The van der Waals surface area contributed by atoms with Crippen LogP contribution in [-0.2, 0) is 11.3 Å². The zero-order valence-corrected chi connectivity index (χ0v) is 9.52. The van der Waals surface area contributed by atoms with Crippen LogP contribution in [0.3, 0.4) is 0 Å². The van der Waals surface area contributed by atoms with Crippen molar-refractivity contribution in [1.82, 2.24) is 0 Å². The number of alkyl halides is 2. The maximum atomic E-state index is 13.9. The first kappa shape index (κ1) is 13.0. The molecular weight excluding hydrogens is 217 g/mol. The average Bonchev–Trinajstić information content (AvgIpc) is 2.16. The van der Waals surface area contributed by atoms with Crippen LogP contribution in [0.2, 0.25) is 0 Å². The number of hydrogen-bond donors (Lipinski definition) is 1. The van der Waals surface area contributed by atoms with Crippen LogP contribution in [0.15, 0.2) is 18.2 Å². The molecule has 0 amide bonds. The highest BCUT2D eigenvalue weighted by Gasteiger charge is 2.35. The molecule has 0 saturated carbocycles. The lowest BCUT2D eigenvalue weighted by molar-refractivity contribution is -0.0584. The molecule has 1 N–H and O–H groups in total. The molecule has 0 aromatic heterocycles. The van der Waals surface area contributed by atoms with Crippen LogP contribution < -0.4 is 0 Å². The Morgan fingerprint density at radius 2 is 1.62 bits per heavy atom. The van der Waals surface area contributed by atoms with Gasteiger partial charge in [-0.3, -0.25) is 0 Å². The van der Waals surface area contributed by atoms with E-state index in [1.54, 1.807) is 20.8 Å². The van der Waals surface area contributed by atoms with E-state index in [1.165, 1.54) is 12.1 Å². The molecule has 90 valence electrons. The standard InChI is InChI=1S/C12H15F3O/c1-11(2,3)8-5-4-6-9(10(8)13)12(14,15)7-16/h4-6,16H,7H2,1-3H3. The molecule has 0 aliphatic heterocycles. The summed E-state index contributed by atoms with van der Waals surface area (Å²) in [5.41, 5.74) is -1.08. The van der Waals surface area contributed by atoms with Crippen LogP contribution in [0.25, 0.3) is 0 Å². The molecule has 1 aromatic rings. The summed E-state index contributed by atoms with van der Waals surface area (Å²) in [7, 11) is 0. The summed E-state index contributed by atoms with van der Waals surface area (Å²) >= 11 is 0. The number of benzene rings is 1. The molecular formula is C12H15F3O. The predicted molar refractivity (Wildman–Crippen MR) is 56.1 cm³/mol. The average molecular weight is 232 g/mol. The van der Waals surface area contributed by atoms with E-state index >= 15 is 0 Å². The fourth-order valence-electron chi connectivity index (χ4n) is 1.48. The van der Waals surface area contributed by atoms with Gasteiger partial charge in [0.15, 0.2) is 0 Å². The Kier molecular flexibility index (Phi) is 3.33. The highest BCUT2D eigenvalue weighted by molar-refractivity contribution is 5.33. The topological polar surface area (TPSA) is 20.2 Å². The first-order valence-corrected chi connectivity index (χ1v) is 4.98. The Hall–Kier alpha value is -1.03. The van der Waals surface area contributed by atoms with Gasteiger partial charge < -0.3 is 5.11 Å². The lowest BCUT2D eigenvalue weighted by Gasteiger charge is -2.23. The lowest BCUT2D eigenvalue weighted by atomic mass is 9.85. The number of aliphatic hydroxyl groups excluding tert-OH is 1. The molecule has 0 saturated heterocycles. The van der Waals surface area contributed by atoms with E-state index in [2.05, 4.69) is 0 Å². The Labute approximate surface area is 92.9 Å². The molecule has 0 aliphatic rings. The highest BCUT2D eigenvalue weighted by Crippen LogP contribution is 2.34. The summed E-state index contributed by atoms with van der Waals surface area (Å²) in [4.78, 5) is 0. The summed E-state index contributed by atoms with van der Waals surface area (Å²) < 4.78 is 40.3. The van der Waals surface area contributed by atoms with Crippen molar-refractivity contribution < 1.29 is 18.3 Å². The van der Waals surface area contributed by atoms with E-state index in [0.717, 1.165) is 6.07 Å². The van der Waals surface area contributed by atoms with Crippen molar-refractivity contribution in [2.45, 2.75) is 32.1 Å². The van der Waals surface area contributed by atoms with Gasteiger partial charge in [0.25, 0.3) is 5.92 Å². The monoisotopic (exact) mass is 232 g/mol. The summed E-state index contributed by atoms with van der Waals surface area (Å²) in [5, 5.41) is 8.55. The Morgan fingerprint density at radius 1 is 1.12 bits per heavy atom. The van der Waals surface area contributed by atoms with E-state index in [4.69, 9.17) is 5.11 Å². The number of aliphatic hydroxyl groups is 1. The Balaban J connectivity index is 3.36. The molecule has 0 bridgehead atoms. The van der Waals surface area contributed by atoms with E-state index in [9.17, 15) is 13.2 Å². The maximum absolute atomic E-state index is 13.9. The van der Waals surface area contributed by atoms with Crippen molar-refractivity contribution in [3.05, 3.63) is 35.1 Å². The number of rotatable bonds is 2. The first-order valence-electron chi connectivity index (χ1n) is 4.98. The highest BCUT2D eigenvalue weighted by atomic mass is 19.3. The summed E-state index contributed by atoms with van der Waals surface area (Å²) in [6.07, 6.45) is 0. The van der Waals surface area contributed by atoms with Crippen molar-refractivity contribution in [1.29, 1.82) is 0 Å². The van der Waals surface area contributed by atoms with Crippen LogP contribution in [0, 0.1) is 5.82 Å². The molecule has 0 fully saturated rings. The van der Waals surface area contributed by atoms with E-state index in [0.29, 0.717) is 0 Å². The van der Waals surface area contributed by atoms with Crippen LogP contribution in [0.5, 0.6) is 0 Å². The minimum Gasteiger partial charge on any atom is -0.390 e. The van der Waals surface area contributed by atoms with Gasteiger partial charge in [-0.1, -0.05) is 32.9 Å². The summed E-state index contributed by atoms with van der Waals surface area (Å²) in [6, 6.07) is 3.86. The minimum atomic E-state index is -3.54. The Morgan fingerprint density at radius 3 is 2.06 bits per heavy atom. The van der Waals surface area contributed by atoms with Gasteiger partial charge in [0, 0.05) is 0 Å². The predicted octanol–water partition coefficient (Wildman–Crippen LogP) is 3.21. The molecule has 0 atom stereocenters. The van der Waals surface area contributed by atoms with E-state index in [1.807, 2.05) is 0 Å². The van der Waals surface area contributed by atoms with Crippen molar-refractivity contribution >= 4 is 0 Å². The second-order valence-electron chi connectivity index (χ2n) is 4.78. The molecule has 0 radical (unpaired) electrons. The smallest absolute Gasteiger partial charge is 0.298 e. The van der Waals surface area contributed by atoms with Gasteiger partial charge in [-0.2, -0.15) is 8.78 Å². The molecule has 4 heteroatoms. The van der Waals surface area contributed by atoms with Crippen LogP contribution in [0.1, 0.15) is 31.9 Å². The Bertz CT molecular complexity index is 380. The fourth-order valence-corrected chi connectivity index (χ4v) is 1.48. The second-order valence-corrected chi connectivity index (χ2v) is 4.78. The SMILES string of the molecule is CC(C)(C)c1cccc(C(F)(F)CO)c1F. The molecule has 0 spiro atoms. The van der Waals surface area contributed by atoms with Gasteiger partial charge >= 0.3 is 0 Å². The molecule has 0 heterocycles. The minimum absolute atomic E-state index is 0.220. The molecule has 1 rings (SSSR count). The first-order chi connectivity index (χ1) is 7.20.